The van der Waals surface area contributed by atoms with E-state index in [1.165, 1.54) is 11.8 Å². The number of primary amides is 1. The number of nitrogens with zero attached hydrogens (tertiary/aromatic N) is 2. The quantitative estimate of drug-likeness (QED) is 0.888. The first-order valence-electron chi connectivity index (χ1n) is 7.84. The van der Waals surface area contributed by atoms with Crippen LogP contribution in [0.3, 0.4) is 0 Å². The van der Waals surface area contributed by atoms with Crippen LogP contribution in [0.2, 0.25) is 0 Å². The topological polar surface area (TPSA) is 68.5 Å². The van der Waals surface area contributed by atoms with Crippen molar-refractivity contribution in [2.24, 2.45) is 11.7 Å². The molecule has 1 fully saturated rings. The van der Waals surface area contributed by atoms with Crippen LogP contribution >= 0.6 is 0 Å². The number of benzene rings is 1. The van der Waals surface area contributed by atoms with Gasteiger partial charge in [-0.2, -0.15) is 0 Å². The number of amides is 1. The van der Waals surface area contributed by atoms with Gasteiger partial charge in [0, 0.05) is 31.4 Å². The van der Waals surface area contributed by atoms with Crippen molar-refractivity contribution in [3.05, 3.63) is 59.9 Å². The van der Waals surface area contributed by atoms with Crippen LogP contribution in [0, 0.1) is 5.92 Å². The first-order chi connectivity index (χ1) is 11.2. The van der Waals surface area contributed by atoms with E-state index >= 15 is 0 Å². The van der Waals surface area contributed by atoms with Crippen molar-refractivity contribution in [3.63, 3.8) is 0 Å². The number of carbonyl (C=O) groups excluding carboxylic acids is 1. The molecule has 2 aromatic rings. The van der Waals surface area contributed by atoms with Gasteiger partial charge in [-0.25, -0.2) is 0 Å². The molecule has 3 rings (SSSR count). The fraction of sp³-hybridized carbons (Fsp3) is 0.333. The number of hydrogen-bond donors (Lipinski definition) is 1. The summed E-state index contributed by atoms with van der Waals surface area (Å²) in [5.41, 5.74) is 7.98. The zero-order valence-corrected chi connectivity index (χ0v) is 13.0. The molecule has 1 saturated heterocycles. The zero-order chi connectivity index (χ0) is 16.1. The highest BCUT2D eigenvalue weighted by atomic mass is 16.5. The van der Waals surface area contributed by atoms with Gasteiger partial charge in [0.25, 0.3) is 5.91 Å². The molecule has 2 heterocycles. The number of hydrogen-bond acceptors (Lipinski definition) is 4. The summed E-state index contributed by atoms with van der Waals surface area (Å²) >= 11 is 0. The summed E-state index contributed by atoms with van der Waals surface area (Å²) < 4.78 is 5.83. The molecule has 120 valence electrons. The smallest absolute Gasteiger partial charge is 0.252 e. The molecule has 1 unspecified atom stereocenters. The first kappa shape index (κ1) is 15.5. The Balaban J connectivity index is 1.54. The van der Waals surface area contributed by atoms with E-state index in [-0.39, 0.29) is 0 Å². The third kappa shape index (κ3) is 3.87. The van der Waals surface area contributed by atoms with Crippen LogP contribution in [-0.2, 0) is 11.3 Å². The normalized spacial score (nSPS) is 17.4. The van der Waals surface area contributed by atoms with Crippen molar-refractivity contribution >= 4 is 11.6 Å². The highest BCUT2D eigenvalue weighted by Gasteiger charge is 2.25. The van der Waals surface area contributed by atoms with Crippen LogP contribution in [0.15, 0.2) is 48.8 Å². The van der Waals surface area contributed by atoms with Gasteiger partial charge in [0.1, 0.15) is 0 Å². The summed E-state index contributed by atoms with van der Waals surface area (Å²) in [4.78, 5) is 17.7. The standard InChI is InChI=1S/C18H21N3O2/c19-18(22)16-10-20-8-6-17(16)21-9-7-15(11-21)13-23-12-14-4-2-1-3-5-14/h1-6,8,10,15H,7,9,11-13H2,(H2,19,22). The number of rotatable bonds is 6. The molecule has 1 aromatic carbocycles. The second kappa shape index (κ2) is 7.24. The fourth-order valence-corrected chi connectivity index (χ4v) is 2.96. The molecule has 1 aliphatic heterocycles. The lowest BCUT2D eigenvalue weighted by Crippen LogP contribution is -2.25. The summed E-state index contributed by atoms with van der Waals surface area (Å²) in [6.07, 6.45) is 4.28. The minimum atomic E-state index is -0.433. The summed E-state index contributed by atoms with van der Waals surface area (Å²) in [5.74, 6) is 0.0319. The molecule has 1 atom stereocenters. The molecule has 1 amide bonds. The number of pyridine rings is 1. The Morgan fingerprint density at radius 2 is 2.13 bits per heavy atom. The number of carbonyl (C=O) groups is 1. The molecular formula is C18H21N3O2. The van der Waals surface area contributed by atoms with Gasteiger partial charge in [0.15, 0.2) is 0 Å². The van der Waals surface area contributed by atoms with Crippen molar-refractivity contribution in [3.8, 4) is 0 Å². The molecule has 0 spiro atoms. The Bertz CT molecular complexity index is 660. The van der Waals surface area contributed by atoms with Crippen LogP contribution < -0.4 is 10.6 Å². The van der Waals surface area contributed by atoms with Crippen molar-refractivity contribution in [2.45, 2.75) is 13.0 Å². The summed E-state index contributed by atoms with van der Waals surface area (Å²) in [6.45, 7) is 3.14. The van der Waals surface area contributed by atoms with Gasteiger partial charge in [-0.05, 0) is 18.1 Å². The van der Waals surface area contributed by atoms with Gasteiger partial charge < -0.3 is 15.4 Å². The van der Waals surface area contributed by atoms with E-state index in [1.807, 2.05) is 24.3 Å². The zero-order valence-electron chi connectivity index (χ0n) is 13.0. The molecule has 5 nitrogen and oxygen atoms in total. The second-order valence-corrected chi connectivity index (χ2v) is 5.86. The minimum absolute atomic E-state index is 0.433. The lowest BCUT2D eigenvalue weighted by molar-refractivity contribution is 0.0929. The number of aromatic nitrogens is 1. The maximum Gasteiger partial charge on any atom is 0.252 e. The van der Waals surface area contributed by atoms with Crippen LogP contribution in [0.4, 0.5) is 5.69 Å². The molecule has 0 aliphatic carbocycles. The van der Waals surface area contributed by atoms with E-state index in [0.717, 1.165) is 31.8 Å². The predicted molar refractivity (Wildman–Crippen MR) is 89.2 cm³/mol. The molecule has 1 aromatic heterocycles. The van der Waals surface area contributed by atoms with Crippen molar-refractivity contribution < 1.29 is 9.53 Å². The highest BCUT2D eigenvalue weighted by molar-refractivity contribution is 5.98. The third-order valence-electron chi connectivity index (χ3n) is 4.16. The van der Waals surface area contributed by atoms with Crippen molar-refractivity contribution in [1.82, 2.24) is 4.98 Å². The van der Waals surface area contributed by atoms with Crippen molar-refractivity contribution in [2.75, 3.05) is 24.6 Å². The molecule has 0 radical (unpaired) electrons. The Morgan fingerprint density at radius 3 is 2.91 bits per heavy atom. The van der Waals surface area contributed by atoms with E-state index in [4.69, 9.17) is 10.5 Å². The second-order valence-electron chi connectivity index (χ2n) is 5.86. The Kier molecular flexibility index (Phi) is 4.88. The minimum Gasteiger partial charge on any atom is -0.376 e. The molecular weight excluding hydrogens is 290 g/mol. The maximum absolute atomic E-state index is 11.5. The lowest BCUT2D eigenvalue weighted by atomic mass is 10.1. The van der Waals surface area contributed by atoms with Gasteiger partial charge in [0.2, 0.25) is 0 Å². The molecule has 5 heteroatoms. The van der Waals surface area contributed by atoms with Crippen LogP contribution in [-0.4, -0.2) is 30.6 Å². The average Bonchev–Trinajstić information content (AvgIpc) is 3.04. The van der Waals surface area contributed by atoms with Gasteiger partial charge in [-0.15, -0.1) is 0 Å². The lowest BCUT2D eigenvalue weighted by Gasteiger charge is -2.20. The monoisotopic (exact) mass is 311 g/mol. The number of ether oxygens (including phenoxy) is 1. The molecule has 2 N–H and O–H groups in total. The van der Waals surface area contributed by atoms with Gasteiger partial charge in [0.05, 0.1) is 24.5 Å². The highest BCUT2D eigenvalue weighted by Crippen LogP contribution is 2.26. The van der Waals surface area contributed by atoms with E-state index in [0.29, 0.717) is 18.1 Å². The summed E-state index contributed by atoms with van der Waals surface area (Å²) in [6, 6.07) is 12.0. The van der Waals surface area contributed by atoms with Crippen LogP contribution in [0.5, 0.6) is 0 Å². The molecule has 0 saturated carbocycles. The fourth-order valence-electron chi connectivity index (χ4n) is 2.96. The Labute approximate surface area is 136 Å². The third-order valence-corrected chi connectivity index (χ3v) is 4.16. The Morgan fingerprint density at radius 1 is 1.30 bits per heavy atom. The summed E-state index contributed by atoms with van der Waals surface area (Å²) in [5, 5.41) is 0. The van der Waals surface area contributed by atoms with Crippen LogP contribution in [0.1, 0.15) is 22.3 Å². The van der Waals surface area contributed by atoms with Gasteiger partial charge in [-0.3, -0.25) is 9.78 Å². The predicted octanol–water partition coefficient (Wildman–Crippen LogP) is 2.22. The van der Waals surface area contributed by atoms with E-state index in [1.54, 1.807) is 6.20 Å². The largest absolute Gasteiger partial charge is 0.376 e. The van der Waals surface area contributed by atoms with E-state index < -0.39 is 5.91 Å². The average molecular weight is 311 g/mol. The summed E-state index contributed by atoms with van der Waals surface area (Å²) in [7, 11) is 0. The Hall–Kier alpha value is -2.40. The van der Waals surface area contributed by atoms with E-state index in [2.05, 4.69) is 22.0 Å². The molecule has 23 heavy (non-hydrogen) atoms. The van der Waals surface area contributed by atoms with E-state index in [9.17, 15) is 4.79 Å². The maximum atomic E-state index is 11.5. The number of nitrogens with two attached hydrogens (primary N) is 1. The van der Waals surface area contributed by atoms with Gasteiger partial charge >= 0.3 is 0 Å². The molecule has 0 bridgehead atoms. The molecule has 1 aliphatic rings. The van der Waals surface area contributed by atoms with Crippen LogP contribution in [0.25, 0.3) is 0 Å². The SMILES string of the molecule is NC(=O)c1cnccc1N1CCC(COCc2ccccc2)C1. The first-order valence-corrected chi connectivity index (χ1v) is 7.84. The van der Waals surface area contributed by atoms with Gasteiger partial charge in [-0.1, -0.05) is 30.3 Å². The number of anilines is 1. The van der Waals surface area contributed by atoms with Crippen molar-refractivity contribution in [1.29, 1.82) is 0 Å².